The number of carbonyl (C=O) groups is 2. The number of ketones is 1. The van der Waals surface area contributed by atoms with Crippen molar-refractivity contribution < 1.29 is 23.9 Å². The summed E-state index contributed by atoms with van der Waals surface area (Å²) in [5.74, 6) is -0.490. The number of Topliss-reactive ketones (excluding diaryl/α,β-unsaturated/α-hetero) is 1. The van der Waals surface area contributed by atoms with Gasteiger partial charge in [-0.2, -0.15) is 0 Å². The monoisotopic (exact) mass is 311 g/mol. The van der Waals surface area contributed by atoms with Crippen molar-refractivity contribution in [3.8, 4) is 5.75 Å². The number of oxime groups is 1. The van der Waals surface area contributed by atoms with Gasteiger partial charge >= 0.3 is 5.97 Å². The molecule has 0 bridgehead atoms. The Balaban J connectivity index is 2.69. The molecule has 0 radical (unpaired) electrons. The van der Waals surface area contributed by atoms with Gasteiger partial charge in [0.2, 0.25) is 11.5 Å². The molecule has 0 unspecified atom stereocenters. The van der Waals surface area contributed by atoms with Gasteiger partial charge in [-0.15, -0.1) is 11.8 Å². The van der Waals surface area contributed by atoms with Gasteiger partial charge < -0.3 is 14.3 Å². The molecule has 0 aromatic heterocycles. The fraction of sp³-hybridized carbons (Fsp3) is 0.357. The average molecular weight is 311 g/mol. The van der Waals surface area contributed by atoms with E-state index in [1.807, 2.05) is 18.2 Å². The van der Waals surface area contributed by atoms with Crippen LogP contribution in [0.2, 0.25) is 0 Å². The molecule has 114 valence electrons. The minimum absolute atomic E-state index is 0.0498. The zero-order valence-corrected chi connectivity index (χ0v) is 12.9. The van der Waals surface area contributed by atoms with Gasteiger partial charge in [-0.1, -0.05) is 11.2 Å². The molecule has 0 amide bonds. The molecular formula is C14H17NO5S. The molecule has 0 aliphatic rings. The largest absolute Gasteiger partial charge is 0.497 e. The molecule has 0 spiro atoms. The molecule has 1 aromatic rings. The third kappa shape index (κ3) is 5.47. The standard InChI is InChI=1S/C14H17NO5S/c1-4-20-14(17)13(15-19-3)12(16)9-21-11-7-5-6-10(8-11)18-2/h5-8H,4,9H2,1-3H3/b15-13-. The number of esters is 1. The topological polar surface area (TPSA) is 74.2 Å². The van der Waals surface area contributed by atoms with Crippen molar-refractivity contribution in [2.75, 3.05) is 26.6 Å². The molecule has 0 heterocycles. The van der Waals surface area contributed by atoms with Crippen LogP contribution >= 0.6 is 11.8 Å². The highest BCUT2D eigenvalue weighted by Crippen LogP contribution is 2.22. The lowest BCUT2D eigenvalue weighted by atomic mass is 10.3. The van der Waals surface area contributed by atoms with Crippen molar-refractivity contribution in [3.63, 3.8) is 0 Å². The summed E-state index contributed by atoms with van der Waals surface area (Å²) in [4.78, 5) is 29.0. The zero-order chi connectivity index (χ0) is 15.7. The van der Waals surface area contributed by atoms with E-state index in [1.54, 1.807) is 20.1 Å². The summed E-state index contributed by atoms with van der Waals surface area (Å²) in [6, 6.07) is 7.27. The summed E-state index contributed by atoms with van der Waals surface area (Å²) in [5.41, 5.74) is -0.338. The molecule has 0 aliphatic heterocycles. The molecule has 0 saturated carbocycles. The number of hydrogen-bond donors (Lipinski definition) is 0. The number of ether oxygens (including phenoxy) is 2. The van der Waals surface area contributed by atoms with Crippen molar-refractivity contribution >= 4 is 29.2 Å². The number of carbonyl (C=O) groups excluding carboxylic acids is 2. The predicted octanol–water partition coefficient (Wildman–Crippen LogP) is 1.92. The van der Waals surface area contributed by atoms with Gasteiger partial charge in [0.25, 0.3) is 0 Å². The van der Waals surface area contributed by atoms with E-state index in [0.717, 1.165) is 4.90 Å². The van der Waals surface area contributed by atoms with Crippen molar-refractivity contribution in [2.45, 2.75) is 11.8 Å². The van der Waals surface area contributed by atoms with Crippen molar-refractivity contribution in [2.24, 2.45) is 5.16 Å². The van der Waals surface area contributed by atoms with Crippen LogP contribution in [0.1, 0.15) is 6.92 Å². The molecule has 21 heavy (non-hydrogen) atoms. The molecule has 0 fully saturated rings. The lowest BCUT2D eigenvalue weighted by Crippen LogP contribution is -2.28. The van der Waals surface area contributed by atoms with E-state index in [1.165, 1.54) is 18.9 Å². The SMILES string of the molecule is CCOC(=O)/C(=N\OC)C(=O)CSc1cccc(OC)c1. The number of rotatable bonds is 8. The van der Waals surface area contributed by atoms with Crippen LogP contribution in [-0.4, -0.2) is 44.0 Å². The third-order valence-corrected chi connectivity index (χ3v) is 3.32. The van der Waals surface area contributed by atoms with Crippen LogP contribution in [0.15, 0.2) is 34.3 Å². The molecule has 6 nitrogen and oxygen atoms in total. The summed E-state index contributed by atoms with van der Waals surface area (Å²) in [5, 5.41) is 3.44. The second-order valence-electron chi connectivity index (χ2n) is 3.73. The minimum Gasteiger partial charge on any atom is -0.497 e. The van der Waals surface area contributed by atoms with E-state index in [-0.39, 0.29) is 18.1 Å². The first-order chi connectivity index (χ1) is 10.1. The maximum Gasteiger partial charge on any atom is 0.364 e. The van der Waals surface area contributed by atoms with Crippen molar-refractivity contribution in [1.82, 2.24) is 0 Å². The fourth-order valence-electron chi connectivity index (χ4n) is 1.40. The summed E-state index contributed by atoms with van der Waals surface area (Å²) in [7, 11) is 2.83. The van der Waals surface area contributed by atoms with E-state index in [9.17, 15) is 9.59 Å². The fourth-order valence-corrected chi connectivity index (χ4v) is 2.21. The number of nitrogens with zero attached hydrogens (tertiary/aromatic N) is 1. The van der Waals surface area contributed by atoms with Crippen molar-refractivity contribution in [3.05, 3.63) is 24.3 Å². The van der Waals surface area contributed by atoms with Gasteiger partial charge in [-0.05, 0) is 25.1 Å². The van der Waals surface area contributed by atoms with Crippen LogP contribution in [0.4, 0.5) is 0 Å². The Morgan fingerprint density at radius 2 is 2.05 bits per heavy atom. The van der Waals surface area contributed by atoms with Crippen LogP contribution in [0.5, 0.6) is 5.75 Å². The van der Waals surface area contributed by atoms with Gasteiger partial charge in [0.1, 0.15) is 12.9 Å². The van der Waals surface area contributed by atoms with E-state index in [2.05, 4.69) is 9.99 Å². The highest BCUT2D eigenvalue weighted by Gasteiger charge is 2.22. The Morgan fingerprint density at radius 1 is 1.29 bits per heavy atom. The number of thioether (sulfide) groups is 1. The predicted molar refractivity (Wildman–Crippen MR) is 79.8 cm³/mol. The summed E-state index contributed by atoms with van der Waals surface area (Å²) in [6.07, 6.45) is 0. The lowest BCUT2D eigenvalue weighted by molar-refractivity contribution is -0.135. The number of benzene rings is 1. The molecule has 0 aliphatic carbocycles. The second kappa shape index (κ2) is 9.02. The highest BCUT2D eigenvalue weighted by atomic mass is 32.2. The number of methoxy groups -OCH3 is 1. The average Bonchev–Trinajstić information content (AvgIpc) is 2.50. The van der Waals surface area contributed by atoms with Gasteiger partial charge in [0.05, 0.1) is 19.5 Å². The van der Waals surface area contributed by atoms with Crippen LogP contribution in [0, 0.1) is 0 Å². The maximum absolute atomic E-state index is 12.0. The van der Waals surface area contributed by atoms with Crippen LogP contribution in [0.25, 0.3) is 0 Å². The van der Waals surface area contributed by atoms with Crippen LogP contribution in [0.3, 0.4) is 0 Å². The van der Waals surface area contributed by atoms with Gasteiger partial charge in [-0.3, -0.25) is 4.79 Å². The first kappa shape index (κ1) is 17.0. The second-order valence-corrected chi connectivity index (χ2v) is 4.78. The Morgan fingerprint density at radius 3 is 2.67 bits per heavy atom. The third-order valence-electron chi connectivity index (χ3n) is 2.33. The lowest BCUT2D eigenvalue weighted by Gasteiger charge is -2.05. The molecule has 0 atom stereocenters. The Hall–Kier alpha value is -2.02. The summed E-state index contributed by atoms with van der Waals surface area (Å²) < 4.78 is 9.87. The molecular weight excluding hydrogens is 294 g/mol. The Labute approximate surface area is 127 Å². The quantitative estimate of drug-likeness (QED) is 0.240. The van der Waals surface area contributed by atoms with Gasteiger partial charge in [-0.25, -0.2) is 4.79 Å². The zero-order valence-electron chi connectivity index (χ0n) is 12.1. The molecule has 0 N–H and O–H groups in total. The normalized spacial score (nSPS) is 10.9. The van der Waals surface area contributed by atoms with Gasteiger partial charge in [0, 0.05) is 4.90 Å². The van der Waals surface area contributed by atoms with E-state index < -0.39 is 11.8 Å². The molecule has 1 aromatic carbocycles. The highest BCUT2D eigenvalue weighted by molar-refractivity contribution is 8.00. The van der Waals surface area contributed by atoms with E-state index in [4.69, 9.17) is 9.47 Å². The molecule has 0 saturated heterocycles. The Bertz CT molecular complexity index is 530. The number of hydrogen-bond acceptors (Lipinski definition) is 7. The van der Waals surface area contributed by atoms with E-state index >= 15 is 0 Å². The minimum atomic E-state index is -0.782. The molecule has 1 rings (SSSR count). The van der Waals surface area contributed by atoms with Crippen LogP contribution in [-0.2, 0) is 19.2 Å². The smallest absolute Gasteiger partial charge is 0.364 e. The summed E-state index contributed by atoms with van der Waals surface area (Å²) in [6.45, 7) is 1.82. The van der Waals surface area contributed by atoms with Gasteiger partial charge in [0.15, 0.2) is 0 Å². The Kier molecular flexibility index (Phi) is 7.31. The maximum atomic E-state index is 12.0. The first-order valence-corrected chi connectivity index (χ1v) is 7.19. The first-order valence-electron chi connectivity index (χ1n) is 6.20. The van der Waals surface area contributed by atoms with E-state index in [0.29, 0.717) is 5.75 Å². The van der Waals surface area contributed by atoms with Crippen molar-refractivity contribution in [1.29, 1.82) is 0 Å². The summed E-state index contributed by atoms with van der Waals surface area (Å²) >= 11 is 1.27. The molecule has 7 heteroatoms. The van der Waals surface area contributed by atoms with Crippen LogP contribution < -0.4 is 4.74 Å².